The Morgan fingerprint density at radius 3 is 2.71 bits per heavy atom. The highest BCUT2D eigenvalue weighted by Gasteiger charge is 2.28. The van der Waals surface area contributed by atoms with Crippen LogP contribution in [0.25, 0.3) is 0 Å². The van der Waals surface area contributed by atoms with E-state index in [0.29, 0.717) is 31.7 Å². The van der Waals surface area contributed by atoms with Crippen LogP contribution >= 0.6 is 0 Å². The van der Waals surface area contributed by atoms with E-state index < -0.39 is 0 Å². The first-order chi connectivity index (χ1) is 10.1. The van der Waals surface area contributed by atoms with E-state index >= 15 is 0 Å². The SMILES string of the molecule is NCCNC(=O)C1CCCN(C(=O)c2ccc(O)cc2)C1. The van der Waals surface area contributed by atoms with Gasteiger partial charge >= 0.3 is 0 Å². The van der Waals surface area contributed by atoms with Crippen molar-refractivity contribution >= 4 is 11.8 Å². The average molecular weight is 291 g/mol. The molecule has 6 heteroatoms. The van der Waals surface area contributed by atoms with Crippen LogP contribution < -0.4 is 11.1 Å². The molecule has 6 nitrogen and oxygen atoms in total. The zero-order valence-corrected chi connectivity index (χ0v) is 11.9. The number of piperidine rings is 1. The zero-order valence-electron chi connectivity index (χ0n) is 11.9. The van der Waals surface area contributed by atoms with Gasteiger partial charge in [0.25, 0.3) is 5.91 Å². The maximum atomic E-state index is 12.4. The van der Waals surface area contributed by atoms with Gasteiger partial charge in [-0.2, -0.15) is 0 Å². The summed E-state index contributed by atoms with van der Waals surface area (Å²) in [7, 11) is 0. The van der Waals surface area contributed by atoms with E-state index in [1.165, 1.54) is 12.1 Å². The molecule has 2 rings (SSSR count). The summed E-state index contributed by atoms with van der Waals surface area (Å²) in [6.07, 6.45) is 1.60. The molecule has 0 aromatic heterocycles. The summed E-state index contributed by atoms with van der Waals surface area (Å²) in [5.74, 6) is -0.189. The van der Waals surface area contributed by atoms with E-state index in [-0.39, 0.29) is 23.5 Å². The second kappa shape index (κ2) is 7.08. The first kappa shape index (κ1) is 15.3. The number of amides is 2. The lowest BCUT2D eigenvalue weighted by atomic mass is 9.96. The summed E-state index contributed by atoms with van der Waals surface area (Å²) in [5.41, 5.74) is 5.89. The number of hydrogen-bond acceptors (Lipinski definition) is 4. The maximum Gasteiger partial charge on any atom is 0.253 e. The van der Waals surface area contributed by atoms with Crippen LogP contribution in [0, 0.1) is 5.92 Å². The van der Waals surface area contributed by atoms with Gasteiger partial charge in [-0.1, -0.05) is 0 Å². The Labute approximate surface area is 123 Å². The minimum atomic E-state index is -0.175. The lowest BCUT2D eigenvalue weighted by Gasteiger charge is -2.32. The summed E-state index contributed by atoms with van der Waals surface area (Å²) < 4.78 is 0. The van der Waals surface area contributed by atoms with E-state index in [1.807, 2.05) is 0 Å². The lowest BCUT2D eigenvalue weighted by Crippen LogP contribution is -2.46. The Kier molecular flexibility index (Phi) is 5.16. The third-order valence-corrected chi connectivity index (χ3v) is 3.64. The van der Waals surface area contributed by atoms with Gasteiger partial charge in [-0.05, 0) is 37.1 Å². The molecule has 2 amide bonds. The number of nitrogens with one attached hydrogen (secondary N) is 1. The standard InChI is InChI=1S/C15H21N3O3/c16-7-8-17-14(20)12-2-1-9-18(10-12)15(21)11-3-5-13(19)6-4-11/h3-6,12,19H,1-2,7-10,16H2,(H,17,20). The molecule has 0 saturated carbocycles. The van der Waals surface area contributed by atoms with Crippen LogP contribution in [0.4, 0.5) is 0 Å². The minimum absolute atomic E-state index is 0.0383. The fourth-order valence-electron chi connectivity index (χ4n) is 2.50. The van der Waals surface area contributed by atoms with Gasteiger partial charge in [-0.15, -0.1) is 0 Å². The molecule has 1 aliphatic heterocycles. The van der Waals surface area contributed by atoms with Crippen LogP contribution in [0.5, 0.6) is 5.75 Å². The molecule has 1 atom stereocenters. The van der Waals surface area contributed by atoms with Crippen LogP contribution in [0.15, 0.2) is 24.3 Å². The Hall–Kier alpha value is -2.08. The molecule has 0 bridgehead atoms. The van der Waals surface area contributed by atoms with Crippen molar-refractivity contribution in [2.24, 2.45) is 11.7 Å². The van der Waals surface area contributed by atoms with Crippen molar-refractivity contribution < 1.29 is 14.7 Å². The average Bonchev–Trinajstić information content (AvgIpc) is 2.52. The summed E-state index contributed by atoms with van der Waals surface area (Å²) in [6.45, 7) is 1.95. The first-order valence-corrected chi connectivity index (χ1v) is 7.18. The fourth-order valence-corrected chi connectivity index (χ4v) is 2.50. The van der Waals surface area contributed by atoms with Crippen molar-refractivity contribution in [3.05, 3.63) is 29.8 Å². The summed E-state index contributed by atoms with van der Waals surface area (Å²) in [5, 5.41) is 12.0. The number of hydrogen-bond donors (Lipinski definition) is 3. The number of phenolic OH excluding ortho intramolecular Hbond substituents is 1. The fraction of sp³-hybridized carbons (Fsp3) is 0.467. The number of nitrogens with zero attached hydrogens (tertiary/aromatic N) is 1. The van der Waals surface area contributed by atoms with E-state index in [4.69, 9.17) is 5.73 Å². The van der Waals surface area contributed by atoms with Gasteiger partial charge in [0.15, 0.2) is 0 Å². The van der Waals surface area contributed by atoms with Crippen LogP contribution in [0.2, 0.25) is 0 Å². The molecule has 21 heavy (non-hydrogen) atoms. The summed E-state index contributed by atoms with van der Waals surface area (Å²) in [6, 6.07) is 6.16. The second-order valence-corrected chi connectivity index (χ2v) is 5.22. The topological polar surface area (TPSA) is 95.7 Å². The summed E-state index contributed by atoms with van der Waals surface area (Å²) >= 11 is 0. The van der Waals surface area contributed by atoms with Crippen molar-refractivity contribution in [3.8, 4) is 5.75 Å². The van der Waals surface area contributed by atoms with Crippen molar-refractivity contribution in [2.75, 3.05) is 26.2 Å². The van der Waals surface area contributed by atoms with E-state index in [0.717, 1.165) is 12.8 Å². The summed E-state index contributed by atoms with van der Waals surface area (Å²) in [4.78, 5) is 26.1. The highest BCUT2D eigenvalue weighted by atomic mass is 16.3. The number of aromatic hydroxyl groups is 1. The molecule has 1 unspecified atom stereocenters. The predicted molar refractivity (Wildman–Crippen MR) is 78.8 cm³/mol. The van der Waals surface area contributed by atoms with E-state index in [9.17, 15) is 14.7 Å². The molecule has 1 saturated heterocycles. The Bertz CT molecular complexity index is 501. The quantitative estimate of drug-likeness (QED) is 0.744. The lowest BCUT2D eigenvalue weighted by molar-refractivity contribution is -0.126. The Morgan fingerprint density at radius 2 is 2.05 bits per heavy atom. The largest absolute Gasteiger partial charge is 0.508 e. The Morgan fingerprint density at radius 1 is 1.33 bits per heavy atom. The number of rotatable bonds is 4. The van der Waals surface area contributed by atoms with Crippen molar-refractivity contribution in [1.82, 2.24) is 10.2 Å². The van der Waals surface area contributed by atoms with Gasteiger partial charge < -0.3 is 21.1 Å². The number of nitrogens with two attached hydrogens (primary N) is 1. The van der Waals surface area contributed by atoms with Crippen LogP contribution in [-0.2, 0) is 4.79 Å². The third-order valence-electron chi connectivity index (χ3n) is 3.64. The molecule has 0 radical (unpaired) electrons. The number of likely N-dealkylation sites (tertiary alicyclic amines) is 1. The van der Waals surface area contributed by atoms with Gasteiger partial charge in [0.1, 0.15) is 5.75 Å². The first-order valence-electron chi connectivity index (χ1n) is 7.18. The molecule has 1 fully saturated rings. The van der Waals surface area contributed by atoms with E-state index in [2.05, 4.69) is 5.32 Å². The van der Waals surface area contributed by atoms with E-state index in [1.54, 1.807) is 17.0 Å². The monoisotopic (exact) mass is 291 g/mol. The molecule has 4 N–H and O–H groups in total. The minimum Gasteiger partial charge on any atom is -0.508 e. The van der Waals surface area contributed by atoms with Crippen molar-refractivity contribution in [1.29, 1.82) is 0 Å². The van der Waals surface area contributed by atoms with Crippen molar-refractivity contribution in [3.63, 3.8) is 0 Å². The molecule has 0 spiro atoms. The maximum absolute atomic E-state index is 12.4. The molecular formula is C15H21N3O3. The molecule has 1 aromatic carbocycles. The number of carbonyl (C=O) groups excluding carboxylic acids is 2. The number of carbonyl (C=O) groups is 2. The molecule has 0 aliphatic carbocycles. The van der Waals surface area contributed by atoms with Gasteiger partial charge in [-0.3, -0.25) is 9.59 Å². The van der Waals surface area contributed by atoms with Crippen LogP contribution in [-0.4, -0.2) is 48.0 Å². The molecule has 114 valence electrons. The molecule has 1 heterocycles. The van der Waals surface area contributed by atoms with Crippen LogP contribution in [0.1, 0.15) is 23.2 Å². The highest BCUT2D eigenvalue weighted by Crippen LogP contribution is 2.19. The molecule has 1 aromatic rings. The van der Waals surface area contributed by atoms with Gasteiger partial charge in [0.05, 0.1) is 5.92 Å². The van der Waals surface area contributed by atoms with Gasteiger partial charge in [-0.25, -0.2) is 0 Å². The smallest absolute Gasteiger partial charge is 0.253 e. The zero-order chi connectivity index (χ0) is 15.2. The molecule has 1 aliphatic rings. The normalized spacial score (nSPS) is 18.3. The number of benzene rings is 1. The third kappa shape index (κ3) is 3.95. The second-order valence-electron chi connectivity index (χ2n) is 5.22. The van der Waals surface area contributed by atoms with Gasteiger partial charge in [0, 0.05) is 31.7 Å². The van der Waals surface area contributed by atoms with Gasteiger partial charge in [0.2, 0.25) is 5.91 Å². The Balaban J connectivity index is 1.98. The predicted octanol–water partition coefficient (Wildman–Crippen LogP) is 0.319. The van der Waals surface area contributed by atoms with Crippen LogP contribution in [0.3, 0.4) is 0 Å². The molecular weight excluding hydrogens is 270 g/mol. The van der Waals surface area contributed by atoms with Crippen molar-refractivity contribution in [2.45, 2.75) is 12.8 Å². The number of phenols is 1. The highest BCUT2D eigenvalue weighted by molar-refractivity contribution is 5.94.